The van der Waals surface area contributed by atoms with E-state index < -0.39 is 17.1 Å². The lowest BCUT2D eigenvalue weighted by molar-refractivity contribution is -0.145. The van der Waals surface area contributed by atoms with E-state index in [2.05, 4.69) is 11.0 Å². The molecule has 9 nitrogen and oxygen atoms in total. The number of hydrogen-bond acceptors (Lipinski definition) is 10. The number of aryl methyl sites for hydroxylation is 1. The third kappa shape index (κ3) is 6.03. The Morgan fingerprint density at radius 1 is 1.12 bits per heavy atom. The van der Waals surface area contributed by atoms with Crippen molar-refractivity contribution in [1.82, 2.24) is 0 Å². The predicted molar refractivity (Wildman–Crippen MR) is 88.8 cm³/mol. The summed E-state index contributed by atoms with van der Waals surface area (Å²) in [5.41, 5.74) is 0. The zero-order valence-corrected chi connectivity index (χ0v) is 15.1. The number of esters is 1. The molecule has 0 N–H and O–H groups in total. The Morgan fingerprint density at radius 3 is 2.50 bits per heavy atom. The summed E-state index contributed by atoms with van der Waals surface area (Å²) in [7, 11) is 0. The van der Waals surface area contributed by atoms with Gasteiger partial charge < -0.3 is 27.8 Å². The number of hydrogen-bond donors (Lipinski definition) is 0. The third-order valence-corrected chi connectivity index (χ3v) is 4.01. The summed E-state index contributed by atoms with van der Waals surface area (Å²) >= 11 is 0.939. The van der Waals surface area contributed by atoms with Gasteiger partial charge in [0.2, 0.25) is 0 Å². The first-order valence-electron chi connectivity index (χ1n) is 7.64. The molecule has 0 saturated carbocycles. The second-order valence-electron chi connectivity index (χ2n) is 5.14. The minimum Gasteiger partial charge on any atom is -0.457 e. The van der Waals surface area contributed by atoms with E-state index in [9.17, 15) is 14.4 Å². The van der Waals surface area contributed by atoms with E-state index in [1.807, 2.05) is 0 Å². The summed E-state index contributed by atoms with van der Waals surface area (Å²) in [5.74, 6) is 0.554. The molecule has 26 heavy (non-hydrogen) atoms. The fraction of sp³-hybridized carbons (Fsp3) is 0.438. The molecular formula is C16H18O9S. The largest absolute Gasteiger partial charge is 0.519 e. The highest BCUT2D eigenvalue weighted by Gasteiger charge is 2.19. The van der Waals surface area contributed by atoms with Crippen LogP contribution in [0.1, 0.15) is 31.3 Å². The quantitative estimate of drug-likeness (QED) is 0.488. The van der Waals surface area contributed by atoms with Gasteiger partial charge in [0.15, 0.2) is 30.5 Å². The predicted octanol–water partition coefficient (Wildman–Crippen LogP) is 2.98. The third-order valence-electron chi connectivity index (χ3n) is 3.16. The van der Waals surface area contributed by atoms with E-state index in [0.29, 0.717) is 23.7 Å². The van der Waals surface area contributed by atoms with Gasteiger partial charge in [0.25, 0.3) is 5.95 Å². The topological polar surface area (TPSA) is 114 Å². The summed E-state index contributed by atoms with van der Waals surface area (Å²) in [6.07, 6.45) is 0.535. The first-order chi connectivity index (χ1) is 12.3. The van der Waals surface area contributed by atoms with E-state index in [-0.39, 0.29) is 37.1 Å². The van der Waals surface area contributed by atoms with Crippen molar-refractivity contribution in [3.63, 3.8) is 0 Å². The van der Waals surface area contributed by atoms with Crippen LogP contribution in [0.4, 0.5) is 4.79 Å². The molecular weight excluding hydrogens is 368 g/mol. The number of thioether (sulfide) groups is 1. The van der Waals surface area contributed by atoms with E-state index >= 15 is 0 Å². The number of carbonyl (C=O) groups is 2. The molecule has 1 aliphatic rings. The maximum absolute atomic E-state index is 11.6. The fourth-order valence-electron chi connectivity index (χ4n) is 1.85. The molecule has 10 heteroatoms. The molecule has 0 spiro atoms. The second kappa shape index (κ2) is 9.18. The lowest BCUT2D eigenvalue weighted by Crippen LogP contribution is -2.07. The lowest BCUT2D eigenvalue weighted by Gasteiger charge is -2.05. The van der Waals surface area contributed by atoms with Gasteiger partial charge in [-0.05, 0) is 38.6 Å². The molecule has 0 atom stereocenters. The van der Waals surface area contributed by atoms with Gasteiger partial charge in [-0.25, -0.2) is 9.59 Å². The van der Waals surface area contributed by atoms with Crippen molar-refractivity contribution in [3.8, 4) is 0 Å². The maximum Gasteiger partial charge on any atom is 0.519 e. The molecule has 2 rings (SSSR count). The van der Waals surface area contributed by atoms with Crippen LogP contribution in [0, 0.1) is 6.92 Å². The Bertz CT molecular complexity index is 771. The van der Waals surface area contributed by atoms with Crippen molar-refractivity contribution < 1.29 is 37.4 Å². The summed E-state index contributed by atoms with van der Waals surface area (Å²) in [6, 6.07) is 0. The molecule has 0 amide bonds. The smallest absolute Gasteiger partial charge is 0.457 e. The zero-order chi connectivity index (χ0) is 19.1. The highest BCUT2D eigenvalue weighted by atomic mass is 32.2. The average molecular weight is 386 g/mol. The van der Waals surface area contributed by atoms with Crippen molar-refractivity contribution in [3.05, 3.63) is 46.2 Å². The van der Waals surface area contributed by atoms with Gasteiger partial charge in [0, 0.05) is 12.2 Å². The lowest BCUT2D eigenvalue weighted by atomic mass is 10.3. The Balaban J connectivity index is 1.56. The summed E-state index contributed by atoms with van der Waals surface area (Å²) in [4.78, 5) is 34.1. The Morgan fingerprint density at radius 2 is 1.88 bits per heavy atom. The molecule has 2 heterocycles. The van der Waals surface area contributed by atoms with E-state index in [1.54, 1.807) is 6.92 Å². The molecule has 0 radical (unpaired) electrons. The highest BCUT2D eigenvalue weighted by molar-refractivity contribution is 8.13. The van der Waals surface area contributed by atoms with Crippen molar-refractivity contribution >= 4 is 23.0 Å². The molecule has 0 aliphatic carbocycles. The first-order valence-corrected chi connectivity index (χ1v) is 8.62. The zero-order valence-electron chi connectivity index (χ0n) is 14.3. The van der Waals surface area contributed by atoms with Crippen LogP contribution in [-0.2, 0) is 30.3 Å². The Hall–Kier alpha value is -2.62. The van der Waals surface area contributed by atoms with Gasteiger partial charge >= 0.3 is 17.1 Å². The van der Waals surface area contributed by atoms with Crippen LogP contribution >= 0.6 is 11.8 Å². The molecule has 0 bridgehead atoms. The van der Waals surface area contributed by atoms with E-state index in [1.165, 1.54) is 6.92 Å². The van der Waals surface area contributed by atoms with Gasteiger partial charge in [-0.2, -0.15) is 0 Å². The van der Waals surface area contributed by atoms with E-state index in [0.717, 1.165) is 11.8 Å². The van der Waals surface area contributed by atoms with Crippen molar-refractivity contribution in [2.75, 3.05) is 12.4 Å². The van der Waals surface area contributed by atoms with Crippen LogP contribution in [0.3, 0.4) is 0 Å². The van der Waals surface area contributed by atoms with Crippen LogP contribution in [0.5, 0.6) is 0 Å². The van der Waals surface area contributed by atoms with Gasteiger partial charge in [-0.15, -0.1) is 0 Å². The molecule has 0 aromatic carbocycles. The summed E-state index contributed by atoms with van der Waals surface area (Å²) in [5, 5.41) is -0.490. The minimum absolute atomic E-state index is 0.0476. The highest BCUT2D eigenvalue weighted by Crippen LogP contribution is 2.23. The standard InChI is InChI=1S/C16H18O9S/c1-9-12(24-11(3)22-9)8-21-16(19)26-6-4-5-14(17)20-7-13-10(2)23-15(18)25-13/h3-8H2,1-2H3. The number of ether oxygens (including phenoxy) is 4. The van der Waals surface area contributed by atoms with Gasteiger partial charge in [0.1, 0.15) is 5.76 Å². The summed E-state index contributed by atoms with van der Waals surface area (Å²) < 4.78 is 29.6. The van der Waals surface area contributed by atoms with Crippen molar-refractivity contribution in [1.29, 1.82) is 0 Å². The molecule has 1 aromatic rings. The Kier molecular flexibility index (Phi) is 6.96. The normalized spacial score (nSPS) is 13.4. The molecule has 1 aliphatic heterocycles. The molecule has 142 valence electrons. The van der Waals surface area contributed by atoms with Gasteiger partial charge in [0.05, 0.1) is 0 Å². The van der Waals surface area contributed by atoms with Crippen LogP contribution < -0.4 is 5.82 Å². The monoisotopic (exact) mass is 386 g/mol. The minimum atomic E-state index is -0.840. The molecule has 0 fully saturated rings. The number of carbonyl (C=O) groups excluding carboxylic acids is 2. The molecule has 1 aromatic heterocycles. The molecule has 0 unspecified atom stereocenters. The fourth-order valence-corrected chi connectivity index (χ4v) is 2.45. The average Bonchev–Trinajstić information content (AvgIpc) is 3.07. The van der Waals surface area contributed by atoms with Crippen LogP contribution in [-0.4, -0.2) is 23.6 Å². The van der Waals surface area contributed by atoms with E-state index in [4.69, 9.17) is 23.4 Å². The Labute approximate surface area is 152 Å². The second-order valence-corrected chi connectivity index (χ2v) is 6.17. The van der Waals surface area contributed by atoms with Crippen LogP contribution in [0.15, 0.2) is 37.7 Å². The summed E-state index contributed by atoms with van der Waals surface area (Å²) in [6.45, 7) is 6.49. The van der Waals surface area contributed by atoms with Gasteiger partial charge in [-0.3, -0.25) is 4.79 Å². The SMILES string of the molecule is C=C1OC(C)=C(COC(=O)SCCCC(=O)OCc2oc(=O)oc2C)O1. The van der Waals surface area contributed by atoms with Crippen LogP contribution in [0.25, 0.3) is 0 Å². The molecule has 0 saturated heterocycles. The van der Waals surface area contributed by atoms with Crippen LogP contribution in [0.2, 0.25) is 0 Å². The van der Waals surface area contributed by atoms with Crippen molar-refractivity contribution in [2.24, 2.45) is 0 Å². The van der Waals surface area contributed by atoms with Gasteiger partial charge in [-0.1, -0.05) is 0 Å². The van der Waals surface area contributed by atoms with Crippen molar-refractivity contribution in [2.45, 2.75) is 33.3 Å². The maximum atomic E-state index is 11.6. The number of allylic oxidation sites excluding steroid dienone is 1. The number of rotatable bonds is 8. The first kappa shape index (κ1) is 19.7.